The summed E-state index contributed by atoms with van der Waals surface area (Å²) in [6.07, 6.45) is 1.46. The summed E-state index contributed by atoms with van der Waals surface area (Å²) in [5.41, 5.74) is 8.25. The molecule has 0 heterocycles. The van der Waals surface area contributed by atoms with Crippen molar-refractivity contribution in [2.45, 2.75) is 6.92 Å². The Bertz CT molecular complexity index is 854. The lowest BCUT2D eigenvalue weighted by Crippen LogP contribution is -2.21. The van der Waals surface area contributed by atoms with Gasteiger partial charge in [0.1, 0.15) is 0 Å². The molecule has 2 aromatic rings. The Kier molecular flexibility index (Phi) is 6.77. The van der Waals surface area contributed by atoms with Gasteiger partial charge in [0.25, 0.3) is 0 Å². The van der Waals surface area contributed by atoms with Crippen LogP contribution in [0.3, 0.4) is 0 Å². The lowest BCUT2D eigenvalue weighted by Gasteiger charge is -2.14. The third kappa shape index (κ3) is 4.62. The van der Waals surface area contributed by atoms with E-state index >= 15 is 0 Å². The maximum Gasteiger partial charge on any atom is 0.238 e. The minimum atomic E-state index is -0.281. The van der Waals surface area contributed by atoms with Gasteiger partial charge >= 0.3 is 0 Å². The number of benzene rings is 2. The number of nitrogens with one attached hydrogen (secondary N) is 1. The molecule has 134 valence electrons. The summed E-state index contributed by atoms with van der Waals surface area (Å²) < 4.78 is 10.9. The van der Waals surface area contributed by atoms with Gasteiger partial charge in [0.15, 0.2) is 11.5 Å². The van der Waals surface area contributed by atoms with Crippen LogP contribution in [0.4, 0.5) is 5.69 Å². The summed E-state index contributed by atoms with van der Waals surface area (Å²) in [6.45, 7) is 2.29. The fraction of sp³-hybridized carbons (Fsp3) is 0.200. The SMILES string of the molecule is CCOc1cc(/C(=C\C#N)c2cccc(NC(=O)CN)c2)ccc1OC. The van der Waals surface area contributed by atoms with Crippen LogP contribution < -0.4 is 20.5 Å². The molecule has 0 fully saturated rings. The number of methoxy groups -OCH3 is 1. The smallest absolute Gasteiger partial charge is 0.238 e. The Balaban J connectivity index is 2.46. The molecule has 26 heavy (non-hydrogen) atoms. The van der Waals surface area contributed by atoms with Crippen molar-refractivity contribution in [3.8, 4) is 17.6 Å². The van der Waals surface area contributed by atoms with Gasteiger partial charge < -0.3 is 20.5 Å². The standard InChI is InChI=1S/C20H21N3O3/c1-3-26-19-12-15(7-8-18(19)25-2)17(9-10-21)14-5-4-6-16(11-14)23-20(24)13-22/h4-9,11-12H,3,13,22H2,1-2H3,(H,23,24)/b17-9-. The summed E-state index contributed by atoms with van der Waals surface area (Å²) >= 11 is 0. The van der Waals surface area contributed by atoms with E-state index < -0.39 is 0 Å². The third-order valence-electron chi connectivity index (χ3n) is 3.63. The molecule has 0 atom stereocenters. The number of rotatable bonds is 7. The van der Waals surface area contributed by atoms with Crippen LogP contribution in [0.15, 0.2) is 48.5 Å². The van der Waals surface area contributed by atoms with Crippen LogP contribution in [-0.2, 0) is 4.79 Å². The average molecular weight is 351 g/mol. The zero-order chi connectivity index (χ0) is 18.9. The van der Waals surface area contributed by atoms with Crippen molar-refractivity contribution in [1.29, 1.82) is 5.26 Å². The molecule has 0 aliphatic carbocycles. The molecule has 0 aliphatic rings. The number of allylic oxidation sites excluding steroid dienone is 1. The van der Waals surface area contributed by atoms with E-state index in [1.54, 1.807) is 31.4 Å². The van der Waals surface area contributed by atoms with Gasteiger partial charge in [0, 0.05) is 11.8 Å². The van der Waals surface area contributed by atoms with Gasteiger partial charge in [-0.15, -0.1) is 0 Å². The fourth-order valence-corrected chi connectivity index (χ4v) is 2.49. The summed E-state index contributed by atoms with van der Waals surface area (Å²) in [6, 6.07) is 14.8. The van der Waals surface area contributed by atoms with E-state index in [0.717, 1.165) is 11.1 Å². The van der Waals surface area contributed by atoms with Gasteiger partial charge in [-0.2, -0.15) is 5.26 Å². The van der Waals surface area contributed by atoms with Gasteiger partial charge in [-0.25, -0.2) is 0 Å². The number of ether oxygens (including phenoxy) is 2. The van der Waals surface area contributed by atoms with Crippen molar-refractivity contribution in [3.05, 3.63) is 59.7 Å². The highest BCUT2D eigenvalue weighted by Crippen LogP contribution is 2.33. The maximum atomic E-state index is 11.5. The molecule has 3 N–H and O–H groups in total. The van der Waals surface area contributed by atoms with Crippen molar-refractivity contribution in [3.63, 3.8) is 0 Å². The molecule has 6 heteroatoms. The molecule has 2 rings (SSSR count). The fourth-order valence-electron chi connectivity index (χ4n) is 2.49. The van der Waals surface area contributed by atoms with Gasteiger partial charge in [-0.3, -0.25) is 4.79 Å². The van der Waals surface area contributed by atoms with Crippen LogP contribution in [0, 0.1) is 11.3 Å². The Labute approximate surface area is 152 Å². The van der Waals surface area contributed by atoms with Crippen molar-refractivity contribution in [2.75, 3.05) is 25.6 Å². The molecule has 2 aromatic carbocycles. The maximum absolute atomic E-state index is 11.5. The highest BCUT2D eigenvalue weighted by molar-refractivity contribution is 5.93. The normalized spacial score (nSPS) is 10.8. The van der Waals surface area contributed by atoms with Crippen LogP contribution in [-0.4, -0.2) is 26.2 Å². The van der Waals surface area contributed by atoms with Crippen molar-refractivity contribution >= 4 is 17.2 Å². The molecular weight excluding hydrogens is 330 g/mol. The van der Waals surface area contributed by atoms with Crippen LogP contribution >= 0.6 is 0 Å². The first-order valence-corrected chi connectivity index (χ1v) is 8.14. The molecular formula is C20H21N3O3. The van der Waals surface area contributed by atoms with Crippen molar-refractivity contribution in [2.24, 2.45) is 5.73 Å². The molecule has 0 aliphatic heterocycles. The Morgan fingerprint density at radius 3 is 2.65 bits per heavy atom. The molecule has 1 amide bonds. The van der Waals surface area contributed by atoms with E-state index in [9.17, 15) is 10.1 Å². The molecule has 0 spiro atoms. The lowest BCUT2D eigenvalue weighted by molar-refractivity contribution is -0.114. The lowest BCUT2D eigenvalue weighted by atomic mass is 9.97. The molecule has 0 radical (unpaired) electrons. The first kappa shape index (κ1) is 19.0. The summed E-state index contributed by atoms with van der Waals surface area (Å²) in [5, 5.41) is 11.9. The molecule has 6 nitrogen and oxygen atoms in total. The molecule has 0 unspecified atom stereocenters. The van der Waals surface area contributed by atoms with E-state index in [1.165, 1.54) is 6.08 Å². The zero-order valence-electron chi connectivity index (χ0n) is 14.8. The monoisotopic (exact) mass is 351 g/mol. The van der Waals surface area contributed by atoms with Crippen molar-refractivity contribution in [1.82, 2.24) is 0 Å². The number of nitriles is 1. The Hall–Kier alpha value is -3.30. The van der Waals surface area contributed by atoms with E-state index in [4.69, 9.17) is 15.2 Å². The minimum absolute atomic E-state index is 0.0959. The van der Waals surface area contributed by atoms with Crippen LogP contribution in [0.25, 0.3) is 5.57 Å². The number of amides is 1. The van der Waals surface area contributed by atoms with Crippen LogP contribution in [0.2, 0.25) is 0 Å². The zero-order valence-corrected chi connectivity index (χ0v) is 14.8. The number of nitrogens with zero attached hydrogens (tertiary/aromatic N) is 1. The van der Waals surface area contributed by atoms with E-state index in [-0.39, 0.29) is 12.5 Å². The molecule has 0 saturated carbocycles. The first-order chi connectivity index (χ1) is 12.6. The average Bonchev–Trinajstić information content (AvgIpc) is 2.66. The van der Waals surface area contributed by atoms with Gasteiger partial charge in [0.2, 0.25) is 5.91 Å². The number of carbonyl (C=O) groups is 1. The summed E-state index contributed by atoms with van der Waals surface area (Å²) in [4.78, 5) is 11.5. The van der Waals surface area contributed by atoms with Crippen molar-refractivity contribution < 1.29 is 14.3 Å². The van der Waals surface area contributed by atoms with Crippen LogP contribution in [0.5, 0.6) is 11.5 Å². The number of nitrogens with two attached hydrogens (primary N) is 1. The third-order valence-corrected chi connectivity index (χ3v) is 3.63. The van der Waals surface area contributed by atoms with E-state index in [2.05, 4.69) is 11.4 Å². The Morgan fingerprint density at radius 2 is 2.00 bits per heavy atom. The molecule has 0 bridgehead atoms. The second-order valence-corrected chi connectivity index (χ2v) is 5.32. The van der Waals surface area contributed by atoms with Gasteiger partial charge in [-0.05, 0) is 47.9 Å². The largest absolute Gasteiger partial charge is 0.493 e. The predicted molar refractivity (Wildman–Crippen MR) is 101 cm³/mol. The number of carbonyl (C=O) groups excluding carboxylic acids is 1. The number of anilines is 1. The van der Waals surface area contributed by atoms with Gasteiger partial charge in [0.05, 0.1) is 26.3 Å². The van der Waals surface area contributed by atoms with E-state index in [0.29, 0.717) is 29.4 Å². The Morgan fingerprint density at radius 1 is 1.23 bits per heavy atom. The second kappa shape index (κ2) is 9.25. The van der Waals surface area contributed by atoms with E-state index in [1.807, 2.05) is 25.1 Å². The second-order valence-electron chi connectivity index (χ2n) is 5.32. The highest BCUT2D eigenvalue weighted by Gasteiger charge is 2.11. The van der Waals surface area contributed by atoms with Gasteiger partial charge in [-0.1, -0.05) is 18.2 Å². The first-order valence-electron chi connectivity index (χ1n) is 8.14. The predicted octanol–water partition coefficient (Wildman–Crippen LogP) is 2.95. The quantitative estimate of drug-likeness (QED) is 0.748. The number of hydrogen-bond acceptors (Lipinski definition) is 5. The highest BCUT2D eigenvalue weighted by atomic mass is 16.5. The molecule has 0 saturated heterocycles. The van der Waals surface area contributed by atoms with Crippen LogP contribution in [0.1, 0.15) is 18.1 Å². The topological polar surface area (TPSA) is 97.4 Å². The molecule has 0 aromatic heterocycles. The number of hydrogen-bond donors (Lipinski definition) is 2. The minimum Gasteiger partial charge on any atom is -0.493 e. The summed E-state index contributed by atoms with van der Waals surface area (Å²) in [5.74, 6) is 0.941. The summed E-state index contributed by atoms with van der Waals surface area (Å²) in [7, 11) is 1.58.